The number of nitrogens with one attached hydrogen (secondary N) is 1. The van der Waals surface area contributed by atoms with Crippen molar-refractivity contribution in [1.29, 1.82) is 0 Å². The Kier molecular flexibility index (Phi) is 4.98. The molecule has 1 fully saturated rings. The zero-order valence-electron chi connectivity index (χ0n) is 11.0. The number of aromatic nitrogens is 1. The van der Waals surface area contributed by atoms with E-state index in [0.29, 0.717) is 23.8 Å². The van der Waals surface area contributed by atoms with E-state index < -0.39 is 0 Å². The Labute approximate surface area is 117 Å². The number of carbonyl (C=O) groups is 1. The molecule has 2 rings (SSSR count). The molecule has 0 spiro atoms. The molecular weight excluding hydrogens is 262 g/mol. The third kappa shape index (κ3) is 3.57. The predicted molar refractivity (Wildman–Crippen MR) is 78.6 cm³/mol. The van der Waals surface area contributed by atoms with Crippen molar-refractivity contribution in [3.05, 3.63) is 4.88 Å². The second-order valence-corrected chi connectivity index (χ2v) is 5.63. The van der Waals surface area contributed by atoms with E-state index in [1.165, 1.54) is 30.6 Å². The van der Waals surface area contributed by atoms with Gasteiger partial charge in [-0.3, -0.25) is 4.79 Å². The highest BCUT2D eigenvalue weighted by Crippen LogP contribution is 2.29. The molecule has 0 saturated carbocycles. The lowest BCUT2D eigenvalue weighted by Crippen LogP contribution is -2.29. The van der Waals surface area contributed by atoms with Gasteiger partial charge in [-0.25, -0.2) is 4.98 Å². The summed E-state index contributed by atoms with van der Waals surface area (Å²) in [5.41, 5.74) is 11.2. The number of rotatable bonds is 5. The molecular formula is C12H21N5OS. The van der Waals surface area contributed by atoms with Gasteiger partial charge in [-0.2, -0.15) is 0 Å². The fraction of sp³-hybridized carbons (Fsp3) is 0.667. The van der Waals surface area contributed by atoms with E-state index in [9.17, 15) is 4.79 Å². The second kappa shape index (κ2) is 6.72. The lowest BCUT2D eigenvalue weighted by molar-refractivity contribution is 0.0958. The van der Waals surface area contributed by atoms with Crippen LogP contribution < -0.4 is 21.7 Å². The highest BCUT2D eigenvalue weighted by atomic mass is 32.1. The van der Waals surface area contributed by atoms with Crippen molar-refractivity contribution in [3.63, 3.8) is 0 Å². The molecule has 0 atom stereocenters. The zero-order chi connectivity index (χ0) is 13.7. The van der Waals surface area contributed by atoms with Gasteiger partial charge in [0.2, 0.25) is 0 Å². The number of amides is 1. The summed E-state index contributed by atoms with van der Waals surface area (Å²) in [6, 6.07) is 0. The Hall–Kier alpha value is -1.34. The Bertz CT molecular complexity index is 428. The molecule has 0 aliphatic carbocycles. The molecule has 1 aromatic heterocycles. The van der Waals surface area contributed by atoms with Crippen LogP contribution in [0, 0.1) is 0 Å². The van der Waals surface area contributed by atoms with Crippen molar-refractivity contribution >= 4 is 28.2 Å². The van der Waals surface area contributed by atoms with Crippen molar-refractivity contribution in [1.82, 2.24) is 10.3 Å². The number of hydrogen-bond donors (Lipinski definition) is 3. The van der Waals surface area contributed by atoms with E-state index in [4.69, 9.17) is 11.5 Å². The summed E-state index contributed by atoms with van der Waals surface area (Å²) in [4.78, 5) is 19.0. The highest BCUT2D eigenvalue weighted by Gasteiger charge is 2.20. The summed E-state index contributed by atoms with van der Waals surface area (Å²) in [7, 11) is 0. The first-order valence-electron chi connectivity index (χ1n) is 6.72. The van der Waals surface area contributed by atoms with Gasteiger partial charge in [0.1, 0.15) is 10.7 Å². The van der Waals surface area contributed by atoms with Crippen molar-refractivity contribution in [3.8, 4) is 0 Å². The summed E-state index contributed by atoms with van der Waals surface area (Å²) in [6.07, 6.45) is 4.39. The van der Waals surface area contributed by atoms with Crippen LogP contribution in [-0.4, -0.2) is 37.1 Å². The van der Waals surface area contributed by atoms with Crippen LogP contribution in [0.3, 0.4) is 0 Å². The topological polar surface area (TPSA) is 97.3 Å². The molecule has 1 amide bonds. The van der Waals surface area contributed by atoms with Gasteiger partial charge in [-0.15, -0.1) is 0 Å². The summed E-state index contributed by atoms with van der Waals surface area (Å²) in [6.45, 7) is 3.14. The minimum atomic E-state index is -0.147. The summed E-state index contributed by atoms with van der Waals surface area (Å²) < 4.78 is 0. The molecule has 0 unspecified atom stereocenters. The van der Waals surface area contributed by atoms with Gasteiger partial charge in [-0.1, -0.05) is 11.3 Å². The number of carbonyl (C=O) groups excluding carboxylic acids is 1. The predicted octanol–water partition coefficient (Wildman–Crippen LogP) is 0.794. The lowest BCUT2D eigenvalue weighted by Gasteiger charge is -2.25. The van der Waals surface area contributed by atoms with E-state index in [-0.39, 0.29) is 5.91 Å². The Morgan fingerprint density at radius 2 is 2.11 bits per heavy atom. The largest absolute Gasteiger partial charge is 0.382 e. The fourth-order valence-electron chi connectivity index (χ4n) is 2.09. The third-order valence-electron chi connectivity index (χ3n) is 3.14. The van der Waals surface area contributed by atoms with Crippen molar-refractivity contribution in [2.24, 2.45) is 5.73 Å². The third-order valence-corrected chi connectivity index (χ3v) is 4.27. The molecule has 0 bridgehead atoms. The normalized spacial score (nSPS) is 15.5. The summed E-state index contributed by atoms with van der Waals surface area (Å²) in [5.74, 6) is 0.183. The van der Waals surface area contributed by atoms with E-state index >= 15 is 0 Å². The number of nitrogens with two attached hydrogens (primary N) is 2. The number of hydrogen-bond acceptors (Lipinski definition) is 6. The number of piperidine rings is 1. The molecule has 19 heavy (non-hydrogen) atoms. The average molecular weight is 283 g/mol. The molecule has 1 aliphatic rings. The highest BCUT2D eigenvalue weighted by molar-refractivity contribution is 7.18. The van der Waals surface area contributed by atoms with Crippen LogP contribution in [0.1, 0.15) is 35.4 Å². The molecule has 7 heteroatoms. The van der Waals surface area contributed by atoms with Crippen LogP contribution in [0.2, 0.25) is 0 Å². The summed E-state index contributed by atoms with van der Waals surface area (Å²) >= 11 is 1.38. The SMILES string of the molecule is NCCCNC(=O)c1sc(N2CCCCC2)nc1N. The number of nitrogen functional groups attached to an aromatic ring is 1. The smallest absolute Gasteiger partial charge is 0.265 e. The molecule has 1 saturated heterocycles. The Balaban J connectivity index is 2.01. The van der Waals surface area contributed by atoms with Crippen molar-refractivity contribution in [2.45, 2.75) is 25.7 Å². The molecule has 106 valence electrons. The van der Waals surface area contributed by atoms with E-state index in [1.54, 1.807) is 0 Å². The van der Waals surface area contributed by atoms with E-state index in [0.717, 1.165) is 24.6 Å². The maximum absolute atomic E-state index is 12.0. The van der Waals surface area contributed by atoms with Crippen molar-refractivity contribution < 1.29 is 4.79 Å². The quantitative estimate of drug-likeness (QED) is 0.694. The molecule has 1 aromatic rings. The Morgan fingerprint density at radius 3 is 2.79 bits per heavy atom. The van der Waals surface area contributed by atoms with Crippen LogP contribution in [0.4, 0.5) is 10.9 Å². The van der Waals surface area contributed by atoms with Crippen LogP contribution >= 0.6 is 11.3 Å². The maximum Gasteiger partial charge on any atom is 0.265 e. The van der Waals surface area contributed by atoms with Crippen LogP contribution in [-0.2, 0) is 0 Å². The average Bonchev–Trinajstić information content (AvgIpc) is 2.82. The van der Waals surface area contributed by atoms with Gasteiger partial charge in [0, 0.05) is 19.6 Å². The second-order valence-electron chi connectivity index (χ2n) is 4.66. The van der Waals surface area contributed by atoms with Crippen molar-refractivity contribution in [2.75, 3.05) is 36.8 Å². The number of anilines is 2. The minimum Gasteiger partial charge on any atom is -0.382 e. The first-order chi connectivity index (χ1) is 9.22. The van der Waals surface area contributed by atoms with Crippen LogP contribution in [0.15, 0.2) is 0 Å². The molecule has 0 radical (unpaired) electrons. The summed E-state index contributed by atoms with van der Waals surface area (Å²) in [5, 5.41) is 3.67. The minimum absolute atomic E-state index is 0.147. The van der Waals surface area contributed by atoms with Gasteiger partial charge in [0.05, 0.1) is 0 Å². The fourth-order valence-corrected chi connectivity index (χ4v) is 3.04. The molecule has 0 aromatic carbocycles. The Morgan fingerprint density at radius 1 is 1.37 bits per heavy atom. The van der Waals surface area contributed by atoms with Gasteiger partial charge in [-0.05, 0) is 32.2 Å². The van der Waals surface area contributed by atoms with Gasteiger partial charge in [0.15, 0.2) is 5.13 Å². The number of thiazole rings is 1. The number of nitrogens with zero attached hydrogens (tertiary/aromatic N) is 2. The monoisotopic (exact) mass is 283 g/mol. The molecule has 6 nitrogen and oxygen atoms in total. The standard InChI is InChI=1S/C12H21N5OS/c13-5-4-6-15-11(18)9-10(14)16-12(19-9)17-7-2-1-3-8-17/h1-8,13-14H2,(H,15,18). The first kappa shape index (κ1) is 14.1. The van der Waals surface area contributed by atoms with Crippen LogP contribution in [0.25, 0.3) is 0 Å². The molecule has 5 N–H and O–H groups in total. The maximum atomic E-state index is 12.0. The van der Waals surface area contributed by atoms with Gasteiger partial charge < -0.3 is 21.7 Å². The van der Waals surface area contributed by atoms with Gasteiger partial charge in [0.25, 0.3) is 5.91 Å². The van der Waals surface area contributed by atoms with E-state index in [2.05, 4.69) is 15.2 Å². The zero-order valence-corrected chi connectivity index (χ0v) is 11.8. The van der Waals surface area contributed by atoms with Crippen LogP contribution in [0.5, 0.6) is 0 Å². The molecule has 2 heterocycles. The first-order valence-corrected chi connectivity index (χ1v) is 7.53. The van der Waals surface area contributed by atoms with E-state index in [1.807, 2.05) is 0 Å². The van der Waals surface area contributed by atoms with Gasteiger partial charge >= 0.3 is 0 Å². The lowest BCUT2D eigenvalue weighted by atomic mass is 10.1. The molecule has 1 aliphatic heterocycles.